The number of fused-ring (bicyclic) bond motifs is 2. The van der Waals surface area contributed by atoms with Crippen molar-refractivity contribution in [3.63, 3.8) is 0 Å². The summed E-state index contributed by atoms with van der Waals surface area (Å²) in [5, 5.41) is 12.7. The van der Waals surface area contributed by atoms with E-state index >= 15 is 0 Å². The van der Waals surface area contributed by atoms with E-state index in [1.54, 1.807) is 0 Å². The van der Waals surface area contributed by atoms with Crippen molar-refractivity contribution in [2.24, 2.45) is 5.92 Å². The predicted molar refractivity (Wildman–Crippen MR) is 71.6 cm³/mol. The van der Waals surface area contributed by atoms with Crippen molar-refractivity contribution in [1.82, 2.24) is 10.2 Å². The molecule has 18 heavy (non-hydrogen) atoms. The fourth-order valence-electron chi connectivity index (χ4n) is 3.54. The first-order valence-electron chi connectivity index (χ1n) is 7.18. The van der Waals surface area contributed by atoms with Gasteiger partial charge in [-0.05, 0) is 45.1 Å². The maximum absolute atomic E-state index is 11.3. The average molecular weight is 254 g/mol. The second-order valence-corrected chi connectivity index (χ2v) is 6.41. The summed E-state index contributed by atoms with van der Waals surface area (Å²) < 4.78 is 0. The summed E-state index contributed by atoms with van der Waals surface area (Å²) in [6, 6.07) is 1.33. The van der Waals surface area contributed by atoms with Crippen LogP contribution in [0.2, 0.25) is 0 Å². The first-order valence-corrected chi connectivity index (χ1v) is 7.18. The molecule has 2 N–H and O–H groups in total. The third-order valence-corrected chi connectivity index (χ3v) is 4.54. The smallest absolute Gasteiger partial charge is 0.320 e. The third kappa shape index (κ3) is 3.04. The van der Waals surface area contributed by atoms with Gasteiger partial charge in [-0.2, -0.15) is 0 Å². The second-order valence-electron chi connectivity index (χ2n) is 6.41. The van der Waals surface area contributed by atoms with Gasteiger partial charge in [0.1, 0.15) is 6.04 Å². The molecule has 2 heterocycles. The van der Waals surface area contributed by atoms with Crippen LogP contribution in [0.1, 0.15) is 46.0 Å². The molecule has 2 bridgehead atoms. The highest BCUT2D eigenvalue weighted by Gasteiger charge is 2.39. The van der Waals surface area contributed by atoms with Crippen LogP contribution in [0, 0.1) is 5.92 Å². The summed E-state index contributed by atoms with van der Waals surface area (Å²) >= 11 is 0. The van der Waals surface area contributed by atoms with Gasteiger partial charge >= 0.3 is 5.97 Å². The van der Waals surface area contributed by atoms with Gasteiger partial charge < -0.3 is 15.3 Å². The SMILES string of the molecule is CC(C)CC(NC1CC2CCC(C1)N2C)C(=O)O. The quantitative estimate of drug-likeness (QED) is 0.784. The molecule has 2 fully saturated rings. The molecule has 4 nitrogen and oxygen atoms in total. The Morgan fingerprint density at radius 3 is 2.33 bits per heavy atom. The minimum atomic E-state index is -0.699. The van der Waals surface area contributed by atoms with Crippen molar-refractivity contribution < 1.29 is 9.90 Å². The van der Waals surface area contributed by atoms with Gasteiger partial charge in [0, 0.05) is 18.1 Å². The molecular formula is C14H26N2O2. The molecule has 0 radical (unpaired) electrons. The van der Waals surface area contributed by atoms with Crippen LogP contribution in [0.3, 0.4) is 0 Å². The van der Waals surface area contributed by atoms with Crippen LogP contribution >= 0.6 is 0 Å². The van der Waals surface area contributed by atoms with Gasteiger partial charge in [0.2, 0.25) is 0 Å². The molecule has 0 aliphatic carbocycles. The highest BCUT2D eigenvalue weighted by atomic mass is 16.4. The Morgan fingerprint density at radius 1 is 1.33 bits per heavy atom. The summed E-state index contributed by atoms with van der Waals surface area (Å²) in [7, 11) is 2.21. The molecule has 2 aliphatic heterocycles. The van der Waals surface area contributed by atoms with Crippen LogP contribution < -0.4 is 5.32 Å². The van der Waals surface area contributed by atoms with E-state index in [0.29, 0.717) is 24.0 Å². The van der Waals surface area contributed by atoms with Gasteiger partial charge in [0.25, 0.3) is 0 Å². The van der Waals surface area contributed by atoms with E-state index < -0.39 is 5.97 Å². The fourth-order valence-corrected chi connectivity index (χ4v) is 3.54. The van der Waals surface area contributed by atoms with Crippen LogP contribution in [-0.4, -0.2) is 47.2 Å². The predicted octanol–water partition coefficient (Wildman–Crippen LogP) is 1.70. The Balaban J connectivity index is 1.90. The molecule has 0 saturated carbocycles. The van der Waals surface area contributed by atoms with E-state index in [1.165, 1.54) is 12.8 Å². The van der Waals surface area contributed by atoms with Crippen LogP contribution in [-0.2, 0) is 4.79 Å². The lowest BCUT2D eigenvalue weighted by Gasteiger charge is -2.38. The zero-order valence-electron chi connectivity index (χ0n) is 11.7. The normalized spacial score (nSPS) is 33.9. The highest BCUT2D eigenvalue weighted by Crippen LogP contribution is 2.34. The largest absolute Gasteiger partial charge is 0.480 e. The average Bonchev–Trinajstić information content (AvgIpc) is 2.51. The van der Waals surface area contributed by atoms with E-state index in [9.17, 15) is 9.90 Å². The van der Waals surface area contributed by atoms with E-state index in [4.69, 9.17) is 0 Å². The lowest BCUT2D eigenvalue weighted by atomic mass is 9.95. The Hall–Kier alpha value is -0.610. The van der Waals surface area contributed by atoms with Crippen molar-refractivity contribution in [2.45, 2.75) is 70.1 Å². The zero-order valence-corrected chi connectivity index (χ0v) is 11.7. The highest BCUT2D eigenvalue weighted by molar-refractivity contribution is 5.73. The van der Waals surface area contributed by atoms with Crippen LogP contribution in [0.15, 0.2) is 0 Å². The minimum absolute atomic E-state index is 0.377. The number of carboxylic acid groups (broad SMARTS) is 1. The van der Waals surface area contributed by atoms with Gasteiger partial charge in [-0.1, -0.05) is 13.8 Å². The topological polar surface area (TPSA) is 52.6 Å². The molecule has 104 valence electrons. The Bertz CT molecular complexity index is 292. The van der Waals surface area contributed by atoms with Crippen molar-refractivity contribution >= 4 is 5.97 Å². The summed E-state index contributed by atoms with van der Waals surface area (Å²) in [5.41, 5.74) is 0. The molecule has 2 saturated heterocycles. The first kappa shape index (κ1) is 13.8. The van der Waals surface area contributed by atoms with Gasteiger partial charge in [-0.3, -0.25) is 4.79 Å². The van der Waals surface area contributed by atoms with Gasteiger partial charge in [0.15, 0.2) is 0 Å². The number of hydrogen-bond acceptors (Lipinski definition) is 3. The van der Waals surface area contributed by atoms with E-state index in [-0.39, 0.29) is 6.04 Å². The number of aliphatic carboxylic acids is 1. The van der Waals surface area contributed by atoms with Gasteiger partial charge in [-0.25, -0.2) is 0 Å². The van der Waals surface area contributed by atoms with Crippen LogP contribution in [0.5, 0.6) is 0 Å². The lowest BCUT2D eigenvalue weighted by Crippen LogP contribution is -2.52. The number of hydrogen-bond donors (Lipinski definition) is 2. The molecule has 0 aromatic carbocycles. The molecule has 0 spiro atoms. The first-order chi connectivity index (χ1) is 8.47. The monoisotopic (exact) mass is 254 g/mol. The van der Waals surface area contributed by atoms with Crippen LogP contribution in [0.25, 0.3) is 0 Å². The molecule has 2 rings (SSSR count). The van der Waals surface area contributed by atoms with Crippen molar-refractivity contribution in [2.75, 3.05) is 7.05 Å². The Morgan fingerprint density at radius 2 is 1.89 bits per heavy atom. The lowest BCUT2D eigenvalue weighted by molar-refractivity contribution is -0.140. The number of carboxylic acids is 1. The Kier molecular flexibility index (Phi) is 4.28. The number of carbonyl (C=O) groups is 1. The second kappa shape index (κ2) is 5.57. The van der Waals surface area contributed by atoms with Crippen molar-refractivity contribution in [3.8, 4) is 0 Å². The van der Waals surface area contributed by atoms with E-state index in [0.717, 1.165) is 19.3 Å². The maximum atomic E-state index is 11.3. The van der Waals surface area contributed by atoms with Gasteiger partial charge in [-0.15, -0.1) is 0 Å². The molecule has 0 amide bonds. The molecule has 4 heteroatoms. The third-order valence-electron chi connectivity index (χ3n) is 4.54. The maximum Gasteiger partial charge on any atom is 0.320 e. The molecule has 0 aromatic heterocycles. The summed E-state index contributed by atoms with van der Waals surface area (Å²) in [6.45, 7) is 4.16. The standard InChI is InChI=1S/C14H26N2O2/c1-9(2)6-13(14(17)18)15-10-7-11-4-5-12(8-10)16(11)3/h9-13,15H,4-8H2,1-3H3,(H,17,18). The number of nitrogens with one attached hydrogen (secondary N) is 1. The van der Waals surface area contributed by atoms with Crippen molar-refractivity contribution in [3.05, 3.63) is 0 Å². The number of piperidine rings is 1. The molecule has 3 unspecified atom stereocenters. The summed E-state index contributed by atoms with van der Waals surface area (Å²) in [6.07, 6.45) is 5.49. The number of nitrogens with zero attached hydrogens (tertiary/aromatic N) is 1. The fraction of sp³-hybridized carbons (Fsp3) is 0.929. The van der Waals surface area contributed by atoms with Crippen molar-refractivity contribution in [1.29, 1.82) is 0 Å². The van der Waals surface area contributed by atoms with E-state index in [2.05, 4.69) is 31.1 Å². The molecular weight excluding hydrogens is 228 g/mol. The molecule has 3 atom stereocenters. The van der Waals surface area contributed by atoms with E-state index in [1.807, 2.05) is 0 Å². The minimum Gasteiger partial charge on any atom is -0.480 e. The summed E-state index contributed by atoms with van der Waals surface area (Å²) in [4.78, 5) is 13.8. The number of rotatable bonds is 5. The molecule has 0 aromatic rings. The van der Waals surface area contributed by atoms with Gasteiger partial charge in [0.05, 0.1) is 0 Å². The molecule has 2 aliphatic rings. The Labute approximate surface area is 110 Å². The summed E-state index contributed by atoms with van der Waals surface area (Å²) in [5.74, 6) is -0.281. The zero-order chi connectivity index (χ0) is 13.3. The van der Waals surface area contributed by atoms with Crippen LogP contribution in [0.4, 0.5) is 0 Å².